The lowest BCUT2D eigenvalue weighted by Crippen LogP contribution is -2.11. The van der Waals surface area contributed by atoms with Gasteiger partial charge in [-0.1, -0.05) is 0 Å². The van der Waals surface area contributed by atoms with Crippen LogP contribution in [0, 0.1) is 0 Å². The molecule has 0 unspecified atom stereocenters. The maximum Gasteiger partial charge on any atom is 0.417 e. The van der Waals surface area contributed by atoms with Gasteiger partial charge in [0.15, 0.2) is 0 Å². The highest BCUT2D eigenvalue weighted by Crippen LogP contribution is 2.28. The molecule has 0 aromatic carbocycles. The van der Waals surface area contributed by atoms with Crippen LogP contribution >= 0.6 is 0 Å². The van der Waals surface area contributed by atoms with Gasteiger partial charge in [0.25, 0.3) is 10.1 Å². The molecule has 0 bridgehead atoms. The minimum Gasteiger partial charge on any atom is -0.270 e. The molecule has 1 aromatic heterocycles. The van der Waals surface area contributed by atoms with Gasteiger partial charge in [0.1, 0.15) is 5.75 Å². The predicted molar refractivity (Wildman–Crippen MR) is 53.5 cm³/mol. The van der Waals surface area contributed by atoms with Crippen LogP contribution in [0.1, 0.15) is 18.2 Å². The van der Waals surface area contributed by atoms with Crippen molar-refractivity contribution >= 4 is 10.1 Å². The van der Waals surface area contributed by atoms with Crippen molar-refractivity contribution in [2.75, 3.05) is 6.61 Å². The van der Waals surface area contributed by atoms with E-state index in [-0.39, 0.29) is 12.3 Å². The molecule has 4 nitrogen and oxygen atoms in total. The fourth-order valence-electron chi connectivity index (χ4n) is 1.08. The fourth-order valence-corrected chi connectivity index (χ4v) is 2.06. The third kappa shape index (κ3) is 4.31. The van der Waals surface area contributed by atoms with Gasteiger partial charge >= 0.3 is 6.18 Å². The Morgan fingerprint density at radius 1 is 1.35 bits per heavy atom. The maximum atomic E-state index is 12.2. The van der Waals surface area contributed by atoms with E-state index >= 15 is 0 Å². The van der Waals surface area contributed by atoms with Crippen molar-refractivity contribution < 1.29 is 25.8 Å². The van der Waals surface area contributed by atoms with Crippen LogP contribution in [0.2, 0.25) is 0 Å². The van der Waals surface area contributed by atoms with E-state index in [1.807, 2.05) is 0 Å². The van der Waals surface area contributed by atoms with Gasteiger partial charge in [0, 0.05) is 6.20 Å². The van der Waals surface area contributed by atoms with Crippen LogP contribution in [0.25, 0.3) is 0 Å². The molecule has 0 saturated heterocycles. The van der Waals surface area contributed by atoms with Gasteiger partial charge in [-0.15, -0.1) is 0 Å². The summed E-state index contributed by atoms with van der Waals surface area (Å²) in [6.45, 7) is 1.47. The molecule has 8 heteroatoms. The van der Waals surface area contributed by atoms with Gasteiger partial charge in [-0.25, -0.2) is 0 Å². The number of alkyl halides is 3. The molecule has 96 valence electrons. The maximum absolute atomic E-state index is 12.2. The van der Waals surface area contributed by atoms with Gasteiger partial charge in [-0.05, 0) is 19.1 Å². The number of hydrogen-bond donors (Lipinski definition) is 0. The molecule has 1 rings (SSSR count). The molecule has 0 aliphatic carbocycles. The Bertz CT molecular complexity index is 467. The zero-order chi connectivity index (χ0) is 13.1. The standard InChI is InChI=1S/C9H10F3NO3S/c1-2-16-17(14,15)6-8-4-3-7(5-13-8)9(10,11)12/h3-5H,2,6H2,1H3. The Morgan fingerprint density at radius 2 is 2.00 bits per heavy atom. The molecule has 0 amide bonds. The first kappa shape index (κ1) is 13.9. The molecule has 1 aromatic rings. The van der Waals surface area contributed by atoms with Gasteiger partial charge in [-0.2, -0.15) is 21.6 Å². The van der Waals surface area contributed by atoms with Crippen molar-refractivity contribution in [3.05, 3.63) is 29.6 Å². The normalized spacial score (nSPS) is 12.7. The third-order valence-corrected chi connectivity index (χ3v) is 3.02. The van der Waals surface area contributed by atoms with Gasteiger partial charge in [-0.3, -0.25) is 9.17 Å². The van der Waals surface area contributed by atoms with Crippen molar-refractivity contribution in [3.8, 4) is 0 Å². The smallest absolute Gasteiger partial charge is 0.270 e. The number of halogens is 3. The summed E-state index contributed by atoms with van der Waals surface area (Å²) < 4.78 is 63.4. The zero-order valence-corrected chi connectivity index (χ0v) is 9.68. The summed E-state index contributed by atoms with van der Waals surface area (Å²) in [5.74, 6) is -0.543. The topological polar surface area (TPSA) is 56.3 Å². The van der Waals surface area contributed by atoms with Crippen LogP contribution in [0.15, 0.2) is 18.3 Å². The molecule has 0 saturated carbocycles. The molecule has 0 aliphatic rings. The second-order valence-corrected chi connectivity index (χ2v) is 4.78. The number of hydrogen-bond acceptors (Lipinski definition) is 4. The highest BCUT2D eigenvalue weighted by molar-refractivity contribution is 7.85. The largest absolute Gasteiger partial charge is 0.417 e. The molecule has 17 heavy (non-hydrogen) atoms. The summed E-state index contributed by atoms with van der Waals surface area (Å²) in [6.07, 6.45) is -3.89. The summed E-state index contributed by atoms with van der Waals surface area (Å²) in [6, 6.07) is 1.79. The first-order chi connectivity index (χ1) is 7.74. The third-order valence-electron chi connectivity index (χ3n) is 1.77. The Morgan fingerprint density at radius 3 is 2.41 bits per heavy atom. The van der Waals surface area contributed by atoms with Crippen LogP contribution in [0.3, 0.4) is 0 Å². The Balaban J connectivity index is 2.83. The van der Waals surface area contributed by atoms with E-state index in [1.165, 1.54) is 6.92 Å². The van der Waals surface area contributed by atoms with Gasteiger partial charge in [0.05, 0.1) is 17.9 Å². The average molecular weight is 269 g/mol. The number of rotatable bonds is 4. The molecule has 0 fully saturated rings. The summed E-state index contributed by atoms with van der Waals surface area (Å²) in [5.41, 5.74) is -0.915. The summed E-state index contributed by atoms with van der Waals surface area (Å²) >= 11 is 0. The molecular weight excluding hydrogens is 259 g/mol. The lowest BCUT2D eigenvalue weighted by Gasteiger charge is -2.07. The number of aromatic nitrogens is 1. The molecule has 1 heterocycles. The van der Waals surface area contributed by atoms with Crippen LogP contribution in [0.4, 0.5) is 13.2 Å². The second kappa shape index (κ2) is 5.01. The van der Waals surface area contributed by atoms with Crippen LogP contribution < -0.4 is 0 Å². The first-order valence-corrected chi connectivity index (χ1v) is 6.21. The Labute approximate surface area is 96.6 Å². The van der Waals surface area contributed by atoms with E-state index in [1.54, 1.807) is 0 Å². The second-order valence-electron chi connectivity index (χ2n) is 3.14. The fraction of sp³-hybridized carbons (Fsp3) is 0.444. The average Bonchev–Trinajstić information content (AvgIpc) is 2.16. The van der Waals surface area contributed by atoms with Crippen molar-refractivity contribution in [1.29, 1.82) is 0 Å². The molecule has 0 aliphatic heterocycles. The van der Waals surface area contributed by atoms with Crippen molar-refractivity contribution in [3.63, 3.8) is 0 Å². The highest BCUT2D eigenvalue weighted by atomic mass is 32.2. The predicted octanol–water partition coefficient (Wildman–Crippen LogP) is 1.97. The van der Waals surface area contributed by atoms with Crippen molar-refractivity contribution in [2.45, 2.75) is 18.9 Å². The molecule has 0 N–H and O–H groups in total. The van der Waals surface area contributed by atoms with E-state index in [0.717, 1.165) is 12.1 Å². The Hall–Kier alpha value is -1.15. The minimum atomic E-state index is -4.48. The van der Waals surface area contributed by atoms with Crippen LogP contribution in [0.5, 0.6) is 0 Å². The first-order valence-electron chi connectivity index (χ1n) is 4.64. The zero-order valence-electron chi connectivity index (χ0n) is 8.86. The van der Waals surface area contributed by atoms with Crippen molar-refractivity contribution in [2.24, 2.45) is 0 Å². The summed E-state index contributed by atoms with van der Waals surface area (Å²) in [4.78, 5) is 3.43. The Kier molecular flexibility index (Phi) is 4.10. The lowest BCUT2D eigenvalue weighted by atomic mass is 10.2. The number of pyridine rings is 1. The van der Waals surface area contributed by atoms with E-state index < -0.39 is 27.6 Å². The molecule has 0 radical (unpaired) electrons. The SMILES string of the molecule is CCOS(=O)(=O)Cc1ccc(C(F)(F)F)cn1. The molecule has 0 spiro atoms. The van der Waals surface area contributed by atoms with Crippen LogP contribution in [-0.2, 0) is 26.2 Å². The lowest BCUT2D eigenvalue weighted by molar-refractivity contribution is -0.137. The van der Waals surface area contributed by atoms with E-state index in [4.69, 9.17) is 0 Å². The summed E-state index contributed by atoms with van der Waals surface area (Å²) in [7, 11) is -3.78. The van der Waals surface area contributed by atoms with Gasteiger partial charge < -0.3 is 0 Å². The minimum absolute atomic E-state index is 0.00597. The van der Waals surface area contributed by atoms with Gasteiger partial charge in [0.2, 0.25) is 0 Å². The van der Waals surface area contributed by atoms with Crippen molar-refractivity contribution in [1.82, 2.24) is 4.98 Å². The van der Waals surface area contributed by atoms with E-state index in [0.29, 0.717) is 6.20 Å². The monoisotopic (exact) mass is 269 g/mol. The molecular formula is C9H10F3NO3S. The summed E-state index contributed by atoms with van der Waals surface area (Å²) in [5, 5.41) is 0. The quantitative estimate of drug-likeness (QED) is 0.784. The molecule has 0 atom stereocenters. The van der Waals surface area contributed by atoms with E-state index in [9.17, 15) is 21.6 Å². The van der Waals surface area contributed by atoms with Crippen LogP contribution in [-0.4, -0.2) is 20.0 Å². The highest BCUT2D eigenvalue weighted by Gasteiger charge is 2.30. The number of nitrogens with zero attached hydrogens (tertiary/aromatic N) is 1. The van der Waals surface area contributed by atoms with E-state index in [2.05, 4.69) is 9.17 Å².